The molecule has 2 aliphatic rings. The maximum absolute atomic E-state index is 12.5. The number of nitrogens with one attached hydrogen (secondary N) is 2. The second-order valence-corrected chi connectivity index (χ2v) is 7.75. The molecule has 2 fully saturated rings. The van der Waals surface area contributed by atoms with Crippen LogP contribution in [0.5, 0.6) is 0 Å². The van der Waals surface area contributed by atoms with Gasteiger partial charge in [-0.2, -0.15) is 0 Å². The molecule has 5 heteroatoms. The Morgan fingerprint density at radius 3 is 2.54 bits per heavy atom. The lowest BCUT2D eigenvalue weighted by molar-refractivity contribution is -0.126. The van der Waals surface area contributed by atoms with Gasteiger partial charge in [-0.1, -0.05) is 37.1 Å². The van der Waals surface area contributed by atoms with E-state index in [0.29, 0.717) is 12.6 Å². The van der Waals surface area contributed by atoms with E-state index in [1.165, 1.54) is 49.9 Å². The monoisotopic (exact) mass is 379 g/mol. The third-order valence-electron chi connectivity index (χ3n) is 5.66. The largest absolute Gasteiger partial charge is 0.352 e. The van der Waals surface area contributed by atoms with Crippen molar-refractivity contribution in [3.8, 4) is 0 Å². The van der Waals surface area contributed by atoms with Crippen molar-refractivity contribution in [2.75, 3.05) is 19.6 Å². The zero-order chi connectivity index (χ0) is 17.5. The Labute approximate surface area is 164 Å². The highest BCUT2D eigenvalue weighted by atomic mass is 35.5. The quantitative estimate of drug-likeness (QED) is 0.823. The summed E-state index contributed by atoms with van der Waals surface area (Å²) in [5, 5.41) is 6.61. The number of likely N-dealkylation sites (tertiary alicyclic amines) is 1. The van der Waals surface area contributed by atoms with Gasteiger partial charge in [0.15, 0.2) is 0 Å². The van der Waals surface area contributed by atoms with Crippen LogP contribution in [0.3, 0.4) is 0 Å². The van der Waals surface area contributed by atoms with Crippen LogP contribution in [0.1, 0.15) is 56.6 Å². The third kappa shape index (κ3) is 6.26. The number of nitrogens with zero attached hydrogens (tertiary/aromatic N) is 1. The van der Waals surface area contributed by atoms with Crippen LogP contribution in [0, 0.1) is 5.92 Å². The molecule has 0 spiro atoms. The molecule has 0 aromatic heterocycles. The molecule has 0 saturated carbocycles. The second-order valence-electron chi connectivity index (χ2n) is 7.75. The molecule has 146 valence electrons. The van der Waals surface area contributed by atoms with Crippen molar-refractivity contribution < 1.29 is 4.79 Å². The number of piperidine rings is 1. The second kappa shape index (κ2) is 10.9. The van der Waals surface area contributed by atoms with E-state index in [1.807, 2.05) is 0 Å². The van der Waals surface area contributed by atoms with Crippen molar-refractivity contribution in [1.82, 2.24) is 15.5 Å². The molecule has 0 aliphatic carbocycles. The lowest BCUT2D eigenvalue weighted by atomic mass is 9.92. The smallest absolute Gasteiger partial charge is 0.223 e. The molecule has 2 heterocycles. The van der Waals surface area contributed by atoms with Crippen LogP contribution in [0.4, 0.5) is 0 Å². The van der Waals surface area contributed by atoms with Gasteiger partial charge < -0.3 is 10.6 Å². The summed E-state index contributed by atoms with van der Waals surface area (Å²) >= 11 is 0. The van der Waals surface area contributed by atoms with Crippen molar-refractivity contribution in [2.45, 2.75) is 64.6 Å². The van der Waals surface area contributed by atoms with E-state index in [9.17, 15) is 4.79 Å². The first-order valence-electron chi connectivity index (χ1n) is 10.0. The van der Waals surface area contributed by atoms with Crippen molar-refractivity contribution in [3.05, 3.63) is 35.4 Å². The molecule has 2 aliphatic heterocycles. The number of hydrogen-bond acceptors (Lipinski definition) is 3. The first kappa shape index (κ1) is 21.2. The minimum Gasteiger partial charge on any atom is -0.352 e. The first-order valence-corrected chi connectivity index (χ1v) is 10.0. The van der Waals surface area contributed by atoms with Crippen LogP contribution in [0.2, 0.25) is 0 Å². The molecule has 0 unspecified atom stereocenters. The molecular formula is C21H34ClN3O. The maximum Gasteiger partial charge on any atom is 0.223 e. The maximum atomic E-state index is 12.5. The topological polar surface area (TPSA) is 44.4 Å². The Balaban J connectivity index is 0.00000243. The van der Waals surface area contributed by atoms with E-state index < -0.39 is 0 Å². The van der Waals surface area contributed by atoms with E-state index in [0.717, 1.165) is 25.9 Å². The van der Waals surface area contributed by atoms with Crippen molar-refractivity contribution >= 4 is 18.3 Å². The molecule has 1 aromatic rings. The number of halogens is 1. The van der Waals surface area contributed by atoms with E-state index in [1.54, 1.807) is 0 Å². The number of hydrogen-bond donors (Lipinski definition) is 2. The number of carbonyl (C=O) groups is 1. The van der Waals surface area contributed by atoms with Crippen molar-refractivity contribution in [1.29, 1.82) is 0 Å². The fourth-order valence-corrected chi connectivity index (χ4v) is 4.12. The SMILES string of the molecule is C[C@H]1C[C@@H](C(=O)NCc2ccccc2CN2CCCCCC2)CCN1.Cl. The minimum atomic E-state index is 0. The molecule has 0 radical (unpaired) electrons. The van der Waals surface area contributed by atoms with Gasteiger partial charge in [-0.25, -0.2) is 0 Å². The Morgan fingerprint density at radius 2 is 1.85 bits per heavy atom. The van der Waals surface area contributed by atoms with Crippen LogP contribution in [-0.4, -0.2) is 36.5 Å². The number of carbonyl (C=O) groups excluding carboxylic acids is 1. The molecule has 2 N–H and O–H groups in total. The summed E-state index contributed by atoms with van der Waals surface area (Å²) in [4.78, 5) is 15.1. The van der Waals surface area contributed by atoms with Gasteiger partial charge in [-0.05, 0) is 63.4 Å². The molecule has 2 atom stereocenters. The van der Waals surface area contributed by atoms with Crippen LogP contribution in [0.15, 0.2) is 24.3 Å². The van der Waals surface area contributed by atoms with E-state index in [2.05, 4.69) is 46.7 Å². The summed E-state index contributed by atoms with van der Waals surface area (Å²) in [5.74, 6) is 0.381. The summed E-state index contributed by atoms with van der Waals surface area (Å²) in [6.07, 6.45) is 7.25. The van der Waals surface area contributed by atoms with Crippen molar-refractivity contribution in [3.63, 3.8) is 0 Å². The minimum absolute atomic E-state index is 0. The lowest BCUT2D eigenvalue weighted by Crippen LogP contribution is -2.42. The van der Waals surface area contributed by atoms with E-state index in [-0.39, 0.29) is 24.2 Å². The molecule has 1 amide bonds. The number of benzene rings is 1. The zero-order valence-corrected chi connectivity index (χ0v) is 16.8. The molecule has 3 rings (SSSR count). The summed E-state index contributed by atoms with van der Waals surface area (Å²) in [5.41, 5.74) is 2.63. The third-order valence-corrected chi connectivity index (χ3v) is 5.66. The molecule has 2 saturated heterocycles. The number of amides is 1. The molecular weight excluding hydrogens is 346 g/mol. The summed E-state index contributed by atoms with van der Waals surface area (Å²) in [6, 6.07) is 9.03. The Hall–Kier alpha value is -1.10. The highest BCUT2D eigenvalue weighted by Crippen LogP contribution is 2.18. The predicted octanol–water partition coefficient (Wildman–Crippen LogP) is 3.49. The fourth-order valence-electron chi connectivity index (χ4n) is 4.12. The first-order chi connectivity index (χ1) is 12.2. The highest BCUT2D eigenvalue weighted by Gasteiger charge is 2.24. The van der Waals surface area contributed by atoms with Crippen molar-refractivity contribution in [2.24, 2.45) is 5.92 Å². The van der Waals surface area contributed by atoms with Gasteiger partial charge >= 0.3 is 0 Å². The van der Waals surface area contributed by atoms with E-state index >= 15 is 0 Å². The zero-order valence-electron chi connectivity index (χ0n) is 16.0. The highest BCUT2D eigenvalue weighted by molar-refractivity contribution is 5.85. The molecule has 1 aromatic carbocycles. The standard InChI is InChI=1S/C21H33N3O.ClH/c1-17-14-18(10-11-22-17)21(25)23-15-19-8-4-5-9-20(19)16-24-12-6-2-3-7-13-24;/h4-5,8-9,17-18,22H,2-3,6-7,10-16H2,1H3,(H,23,25);1H/t17-,18-;/m0./s1. The van der Waals surface area contributed by atoms with Crippen LogP contribution >= 0.6 is 12.4 Å². The Kier molecular flexibility index (Phi) is 8.89. The predicted molar refractivity (Wildman–Crippen MR) is 109 cm³/mol. The number of rotatable bonds is 5. The van der Waals surface area contributed by atoms with Crippen LogP contribution < -0.4 is 10.6 Å². The summed E-state index contributed by atoms with van der Waals surface area (Å²) in [6.45, 7) is 7.18. The lowest BCUT2D eigenvalue weighted by Gasteiger charge is -2.27. The fraction of sp³-hybridized carbons (Fsp3) is 0.667. The van der Waals surface area contributed by atoms with Gasteiger partial charge in [0, 0.05) is 25.0 Å². The molecule has 4 nitrogen and oxygen atoms in total. The average Bonchev–Trinajstić information content (AvgIpc) is 2.89. The van der Waals surface area contributed by atoms with Gasteiger partial charge in [-0.15, -0.1) is 12.4 Å². The van der Waals surface area contributed by atoms with Crippen LogP contribution in [-0.2, 0) is 17.9 Å². The normalized spacial score (nSPS) is 24.3. The molecule has 26 heavy (non-hydrogen) atoms. The van der Waals surface area contributed by atoms with Gasteiger partial charge in [0.2, 0.25) is 5.91 Å². The Morgan fingerprint density at radius 1 is 1.15 bits per heavy atom. The Bertz CT molecular complexity index is 558. The van der Waals surface area contributed by atoms with Gasteiger partial charge in [0.05, 0.1) is 0 Å². The van der Waals surface area contributed by atoms with Gasteiger partial charge in [0.25, 0.3) is 0 Å². The van der Waals surface area contributed by atoms with Gasteiger partial charge in [0.1, 0.15) is 0 Å². The average molecular weight is 380 g/mol. The summed E-state index contributed by atoms with van der Waals surface area (Å²) in [7, 11) is 0. The van der Waals surface area contributed by atoms with E-state index in [4.69, 9.17) is 0 Å². The van der Waals surface area contributed by atoms with Gasteiger partial charge in [-0.3, -0.25) is 9.69 Å². The summed E-state index contributed by atoms with van der Waals surface area (Å²) < 4.78 is 0. The van der Waals surface area contributed by atoms with Crippen LogP contribution in [0.25, 0.3) is 0 Å². The molecule has 0 bridgehead atoms.